The topological polar surface area (TPSA) is 59.6 Å². The summed E-state index contributed by atoms with van der Waals surface area (Å²) in [6.45, 7) is 13.7. The number of rotatable bonds is 7. The Labute approximate surface area is 112 Å². The zero-order chi connectivity index (χ0) is 14.2. The monoisotopic (exact) mass is 276 g/mol. The van der Waals surface area contributed by atoms with Crippen LogP contribution in [0.4, 0.5) is 4.79 Å². The lowest BCUT2D eigenvalue weighted by Gasteiger charge is -2.36. The number of hydrogen-bond donors (Lipinski definition) is 2. The molecule has 0 fully saturated rings. The Morgan fingerprint density at radius 2 is 1.72 bits per heavy atom. The number of carbonyl (C=O) groups is 1. The number of nitrogens with one attached hydrogen (secondary N) is 2. The van der Waals surface area contributed by atoms with Gasteiger partial charge >= 0.3 is 6.09 Å². The van der Waals surface area contributed by atoms with E-state index in [1.165, 1.54) is 0 Å². The number of amides is 1. The van der Waals surface area contributed by atoms with Crippen LogP contribution in [0.15, 0.2) is 0 Å². The van der Waals surface area contributed by atoms with Crippen molar-refractivity contribution in [3.8, 4) is 0 Å². The van der Waals surface area contributed by atoms with Gasteiger partial charge in [0, 0.05) is 26.7 Å². The minimum Gasteiger partial charge on any atom is -0.448 e. The third-order valence-electron chi connectivity index (χ3n) is 3.26. The van der Waals surface area contributed by atoms with Gasteiger partial charge in [0.1, 0.15) is 6.61 Å². The van der Waals surface area contributed by atoms with Gasteiger partial charge in [-0.2, -0.15) is 0 Å². The van der Waals surface area contributed by atoms with E-state index in [2.05, 4.69) is 44.5 Å². The molecule has 0 saturated carbocycles. The first-order chi connectivity index (χ1) is 8.20. The Bertz CT molecular complexity index is 252. The van der Waals surface area contributed by atoms with Crippen molar-refractivity contribution < 1.29 is 14.0 Å². The number of carbonyl (C=O) groups excluding carboxylic acids is 1. The highest BCUT2D eigenvalue weighted by atomic mass is 28.4. The average molecular weight is 276 g/mol. The lowest BCUT2D eigenvalue weighted by atomic mass is 10.2. The summed E-state index contributed by atoms with van der Waals surface area (Å²) in [4.78, 5) is 10.8. The van der Waals surface area contributed by atoms with Gasteiger partial charge in [0.15, 0.2) is 8.32 Å². The summed E-state index contributed by atoms with van der Waals surface area (Å²) in [5, 5.41) is 5.82. The van der Waals surface area contributed by atoms with E-state index in [1.54, 1.807) is 7.05 Å². The van der Waals surface area contributed by atoms with Crippen molar-refractivity contribution in [1.29, 1.82) is 0 Å². The fourth-order valence-corrected chi connectivity index (χ4v) is 2.05. The second-order valence-corrected chi connectivity index (χ2v) is 10.6. The lowest BCUT2D eigenvalue weighted by molar-refractivity contribution is 0.148. The van der Waals surface area contributed by atoms with Crippen LogP contribution in [-0.4, -0.2) is 47.8 Å². The quantitative estimate of drug-likeness (QED) is 0.551. The second kappa shape index (κ2) is 7.76. The zero-order valence-electron chi connectivity index (χ0n) is 12.6. The van der Waals surface area contributed by atoms with Crippen molar-refractivity contribution >= 4 is 14.4 Å². The predicted octanol–water partition coefficient (Wildman–Crippen LogP) is 1.95. The second-order valence-electron chi connectivity index (χ2n) is 5.74. The highest BCUT2D eigenvalue weighted by Gasteiger charge is 2.36. The molecular weight excluding hydrogens is 248 g/mol. The molecule has 0 aliphatic carbocycles. The maximum Gasteiger partial charge on any atom is 0.406 e. The molecule has 0 atom stereocenters. The molecule has 0 bridgehead atoms. The number of hydrogen-bond acceptors (Lipinski definition) is 4. The van der Waals surface area contributed by atoms with Crippen LogP contribution in [0, 0.1) is 0 Å². The molecule has 1 amide bonds. The highest BCUT2D eigenvalue weighted by Crippen LogP contribution is 2.36. The van der Waals surface area contributed by atoms with E-state index in [4.69, 9.17) is 9.16 Å². The average Bonchev–Trinajstić information content (AvgIpc) is 2.25. The van der Waals surface area contributed by atoms with Gasteiger partial charge in [-0.1, -0.05) is 20.8 Å². The SMILES string of the molecule is CNC(=O)OCCNCCO[Si](C)(C)C(C)(C)C. The van der Waals surface area contributed by atoms with Crippen LogP contribution in [0.3, 0.4) is 0 Å². The van der Waals surface area contributed by atoms with Crippen LogP contribution in [0.1, 0.15) is 20.8 Å². The summed E-state index contributed by atoms with van der Waals surface area (Å²) in [5.41, 5.74) is 0. The van der Waals surface area contributed by atoms with E-state index in [0.717, 1.165) is 6.54 Å². The van der Waals surface area contributed by atoms with Crippen LogP contribution >= 0.6 is 0 Å². The van der Waals surface area contributed by atoms with Gasteiger partial charge < -0.3 is 19.8 Å². The molecule has 0 spiro atoms. The van der Waals surface area contributed by atoms with E-state index in [1.807, 2.05) is 0 Å². The first kappa shape index (κ1) is 17.4. The van der Waals surface area contributed by atoms with Crippen molar-refractivity contribution in [2.75, 3.05) is 33.4 Å². The minimum atomic E-state index is -1.63. The molecule has 0 radical (unpaired) electrons. The molecule has 0 aromatic heterocycles. The zero-order valence-corrected chi connectivity index (χ0v) is 13.6. The summed E-state index contributed by atoms with van der Waals surface area (Å²) in [7, 11) is -0.0880. The summed E-state index contributed by atoms with van der Waals surface area (Å²) in [6, 6.07) is 0. The molecule has 0 aliphatic rings. The molecular formula is C12H28N2O3Si. The highest BCUT2D eigenvalue weighted by molar-refractivity contribution is 6.74. The van der Waals surface area contributed by atoms with E-state index in [-0.39, 0.29) is 5.04 Å². The molecule has 2 N–H and O–H groups in total. The Hall–Kier alpha value is -0.593. The van der Waals surface area contributed by atoms with Crippen molar-refractivity contribution in [3.05, 3.63) is 0 Å². The van der Waals surface area contributed by atoms with E-state index < -0.39 is 14.4 Å². The summed E-state index contributed by atoms with van der Waals surface area (Å²) < 4.78 is 10.8. The van der Waals surface area contributed by atoms with Gasteiger partial charge in [0.2, 0.25) is 0 Å². The van der Waals surface area contributed by atoms with Crippen LogP contribution in [0.25, 0.3) is 0 Å². The smallest absolute Gasteiger partial charge is 0.406 e. The van der Waals surface area contributed by atoms with Gasteiger partial charge in [-0.15, -0.1) is 0 Å². The van der Waals surface area contributed by atoms with Crippen LogP contribution in [0.2, 0.25) is 18.1 Å². The van der Waals surface area contributed by atoms with Gasteiger partial charge in [-0.3, -0.25) is 0 Å². The Balaban J connectivity index is 3.55. The van der Waals surface area contributed by atoms with Gasteiger partial charge in [0.25, 0.3) is 0 Å². The summed E-state index contributed by atoms with van der Waals surface area (Å²) >= 11 is 0. The third-order valence-corrected chi connectivity index (χ3v) is 7.80. The van der Waals surface area contributed by atoms with Crippen molar-refractivity contribution in [2.45, 2.75) is 38.9 Å². The molecule has 108 valence electrons. The Kier molecular flexibility index (Phi) is 7.50. The summed E-state index contributed by atoms with van der Waals surface area (Å²) in [5.74, 6) is 0. The molecule has 5 nitrogen and oxygen atoms in total. The first-order valence-corrected chi connectivity index (χ1v) is 9.31. The van der Waals surface area contributed by atoms with Gasteiger partial charge in [-0.25, -0.2) is 4.79 Å². The van der Waals surface area contributed by atoms with Gasteiger partial charge in [0.05, 0.1) is 0 Å². The molecule has 0 aromatic rings. The molecule has 0 rings (SSSR count). The number of ether oxygens (including phenoxy) is 1. The predicted molar refractivity (Wildman–Crippen MR) is 76.4 cm³/mol. The third kappa shape index (κ3) is 6.98. The maximum atomic E-state index is 10.8. The van der Waals surface area contributed by atoms with E-state index in [0.29, 0.717) is 19.8 Å². The molecule has 0 aliphatic heterocycles. The molecule has 0 heterocycles. The lowest BCUT2D eigenvalue weighted by Crippen LogP contribution is -2.42. The fraction of sp³-hybridized carbons (Fsp3) is 0.917. The van der Waals surface area contributed by atoms with Crippen LogP contribution in [-0.2, 0) is 9.16 Å². The summed E-state index contributed by atoms with van der Waals surface area (Å²) in [6.07, 6.45) is -0.394. The van der Waals surface area contributed by atoms with Crippen molar-refractivity contribution in [1.82, 2.24) is 10.6 Å². The van der Waals surface area contributed by atoms with E-state index in [9.17, 15) is 4.79 Å². The molecule has 0 saturated heterocycles. The molecule has 0 unspecified atom stereocenters. The van der Waals surface area contributed by atoms with Crippen molar-refractivity contribution in [2.24, 2.45) is 0 Å². The molecule has 0 aromatic carbocycles. The van der Waals surface area contributed by atoms with Gasteiger partial charge in [-0.05, 0) is 18.1 Å². The maximum absolute atomic E-state index is 10.8. The first-order valence-electron chi connectivity index (χ1n) is 6.40. The van der Waals surface area contributed by atoms with Crippen molar-refractivity contribution in [3.63, 3.8) is 0 Å². The van der Waals surface area contributed by atoms with Crippen LogP contribution < -0.4 is 10.6 Å². The fourth-order valence-electron chi connectivity index (χ4n) is 1.01. The Morgan fingerprint density at radius 3 is 2.22 bits per heavy atom. The normalized spacial score (nSPS) is 12.3. The largest absolute Gasteiger partial charge is 0.448 e. The number of alkyl carbamates (subject to hydrolysis) is 1. The molecule has 18 heavy (non-hydrogen) atoms. The minimum absolute atomic E-state index is 0.245. The standard InChI is InChI=1S/C12H28N2O3Si/c1-12(2,3)18(5,6)17-10-8-14-7-9-16-11(15)13-4/h14H,7-10H2,1-6H3,(H,13,15). The van der Waals surface area contributed by atoms with E-state index >= 15 is 0 Å². The molecule has 6 heteroatoms. The van der Waals surface area contributed by atoms with Crippen LogP contribution in [0.5, 0.6) is 0 Å². The Morgan fingerprint density at radius 1 is 1.17 bits per heavy atom.